The molecule has 0 spiro atoms. The lowest BCUT2D eigenvalue weighted by Crippen LogP contribution is -2.28. The highest BCUT2D eigenvalue weighted by molar-refractivity contribution is 6.08. The second kappa shape index (κ2) is 8.94. The summed E-state index contributed by atoms with van der Waals surface area (Å²) >= 11 is 0. The van der Waals surface area contributed by atoms with Gasteiger partial charge in [0.15, 0.2) is 0 Å². The van der Waals surface area contributed by atoms with Gasteiger partial charge in [-0.25, -0.2) is 4.39 Å². The van der Waals surface area contributed by atoms with Gasteiger partial charge in [-0.15, -0.1) is 0 Å². The molecule has 2 aromatic rings. The summed E-state index contributed by atoms with van der Waals surface area (Å²) in [6, 6.07) is 12.8. The Bertz CT molecular complexity index is 811. The molecule has 4 nitrogen and oxygen atoms in total. The first kappa shape index (κ1) is 19.4. The van der Waals surface area contributed by atoms with E-state index in [1.165, 1.54) is 18.2 Å². The zero-order valence-electron chi connectivity index (χ0n) is 15.2. The van der Waals surface area contributed by atoms with E-state index in [2.05, 4.69) is 10.6 Å². The van der Waals surface area contributed by atoms with Crippen molar-refractivity contribution >= 4 is 23.1 Å². The average Bonchev–Trinajstić information content (AvgIpc) is 2.60. The minimum absolute atomic E-state index is 0.228. The molecule has 26 heavy (non-hydrogen) atoms. The second-order valence-corrected chi connectivity index (χ2v) is 6.47. The van der Waals surface area contributed by atoms with Crippen molar-refractivity contribution in [1.82, 2.24) is 5.32 Å². The Labute approximate surface area is 153 Å². The monoisotopic (exact) mass is 354 g/mol. The van der Waals surface area contributed by atoms with Crippen LogP contribution in [0.25, 0.3) is 5.57 Å². The van der Waals surface area contributed by atoms with Crippen LogP contribution in [-0.4, -0.2) is 18.4 Å². The summed E-state index contributed by atoms with van der Waals surface area (Å²) in [6.07, 6.45) is 1.43. The van der Waals surface area contributed by atoms with Gasteiger partial charge in [-0.1, -0.05) is 38.1 Å². The molecule has 0 unspecified atom stereocenters. The normalized spacial score (nSPS) is 11.3. The number of anilines is 1. The summed E-state index contributed by atoms with van der Waals surface area (Å²) in [6.45, 7) is 6.35. The van der Waals surface area contributed by atoms with Gasteiger partial charge < -0.3 is 10.6 Å². The summed E-state index contributed by atoms with van der Waals surface area (Å²) in [7, 11) is 0. The molecule has 2 N–H and O–H groups in total. The predicted octanol–water partition coefficient (Wildman–Crippen LogP) is 4.25. The molecule has 0 saturated carbocycles. The van der Waals surface area contributed by atoms with E-state index in [0.717, 1.165) is 5.56 Å². The second-order valence-electron chi connectivity index (χ2n) is 6.47. The van der Waals surface area contributed by atoms with Crippen molar-refractivity contribution in [2.24, 2.45) is 5.92 Å². The first-order valence-electron chi connectivity index (χ1n) is 8.49. The number of halogens is 1. The molecule has 2 amide bonds. The van der Waals surface area contributed by atoms with E-state index in [1.54, 1.807) is 43.3 Å². The van der Waals surface area contributed by atoms with Gasteiger partial charge in [0.05, 0.1) is 11.3 Å². The van der Waals surface area contributed by atoms with Gasteiger partial charge in [-0.05, 0) is 48.2 Å². The Hall–Kier alpha value is -2.95. The van der Waals surface area contributed by atoms with Crippen LogP contribution in [-0.2, 0) is 4.79 Å². The summed E-state index contributed by atoms with van der Waals surface area (Å²) in [5, 5.41) is 5.58. The third-order valence-electron chi connectivity index (χ3n) is 3.75. The maximum Gasteiger partial charge on any atom is 0.253 e. The van der Waals surface area contributed by atoms with E-state index in [1.807, 2.05) is 13.8 Å². The lowest BCUT2D eigenvalue weighted by Gasteiger charge is -2.12. The van der Waals surface area contributed by atoms with Gasteiger partial charge in [-0.3, -0.25) is 9.59 Å². The average molecular weight is 354 g/mol. The molecule has 0 fully saturated rings. The van der Waals surface area contributed by atoms with E-state index in [-0.39, 0.29) is 17.6 Å². The molecule has 0 aliphatic rings. The van der Waals surface area contributed by atoms with E-state index in [0.29, 0.717) is 29.3 Å². The summed E-state index contributed by atoms with van der Waals surface area (Å²) in [4.78, 5) is 24.6. The number of carbonyl (C=O) groups excluding carboxylic acids is 2. The van der Waals surface area contributed by atoms with Crippen molar-refractivity contribution in [3.8, 4) is 0 Å². The van der Waals surface area contributed by atoms with Crippen molar-refractivity contribution in [1.29, 1.82) is 0 Å². The quantitative estimate of drug-likeness (QED) is 0.762. The zero-order valence-corrected chi connectivity index (χ0v) is 15.2. The van der Waals surface area contributed by atoms with Crippen LogP contribution < -0.4 is 10.6 Å². The number of carbonyl (C=O) groups is 2. The molecule has 0 heterocycles. The van der Waals surface area contributed by atoms with Crippen LogP contribution in [0.1, 0.15) is 36.7 Å². The van der Waals surface area contributed by atoms with Crippen molar-refractivity contribution < 1.29 is 14.0 Å². The number of para-hydroxylation sites is 1. The maximum atomic E-state index is 13.0. The van der Waals surface area contributed by atoms with Crippen molar-refractivity contribution in [2.45, 2.75) is 20.8 Å². The molecule has 2 rings (SSSR count). The van der Waals surface area contributed by atoms with Gasteiger partial charge in [0.25, 0.3) is 5.91 Å². The van der Waals surface area contributed by atoms with E-state index in [4.69, 9.17) is 0 Å². The fraction of sp³-hybridized carbons (Fsp3) is 0.238. The fourth-order valence-corrected chi connectivity index (χ4v) is 2.34. The van der Waals surface area contributed by atoms with Gasteiger partial charge in [0.1, 0.15) is 5.82 Å². The number of rotatable bonds is 6. The maximum absolute atomic E-state index is 13.0. The molecule has 0 aliphatic heterocycles. The predicted molar refractivity (Wildman–Crippen MR) is 102 cm³/mol. The molecule has 0 aliphatic carbocycles. The molecule has 0 aromatic heterocycles. The number of benzene rings is 2. The van der Waals surface area contributed by atoms with Gasteiger partial charge in [-0.2, -0.15) is 0 Å². The molecular weight excluding hydrogens is 331 g/mol. The molecule has 5 heteroatoms. The van der Waals surface area contributed by atoms with Crippen molar-refractivity contribution in [2.75, 3.05) is 11.9 Å². The summed E-state index contributed by atoms with van der Waals surface area (Å²) in [5.74, 6) is -0.570. The molecule has 0 radical (unpaired) electrons. The van der Waals surface area contributed by atoms with E-state index < -0.39 is 0 Å². The molecular formula is C21H23FN2O2. The van der Waals surface area contributed by atoms with Crippen LogP contribution in [0, 0.1) is 11.7 Å². The van der Waals surface area contributed by atoms with E-state index >= 15 is 0 Å². The number of hydrogen-bond donors (Lipinski definition) is 2. The third kappa shape index (κ3) is 5.55. The number of hydrogen-bond acceptors (Lipinski definition) is 2. The largest absolute Gasteiger partial charge is 0.352 e. The molecule has 2 aromatic carbocycles. The third-order valence-corrected chi connectivity index (χ3v) is 3.75. The molecule has 0 saturated heterocycles. The first-order valence-corrected chi connectivity index (χ1v) is 8.49. The fourth-order valence-electron chi connectivity index (χ4n) is 2.34. The minimum Gasteiger partial charge on any atom is -0.352 e. The number of nitrogens with one attached hydrogen (secondary N) is 2. The molecule has 136 valence electrons. The van der Waals surface area contributed by atoms with Crippen LogP contribution in [0.2, 0.25) is 0 Å². The highest BCUT2D eigenvalue weighted by Crippen LogP contribution is 2.17. The highest BCUT2D eigenvalue weighted by Gasteiger charge is 2.12. The van der Waals surface area contributed by atoms with Gasteiger partial charge in [0, 0.05) is 12.6 Å². The SMILES string of the molecule is C/C(=C\C(=O)Nc1ccccc1C(=O)NCC(C)C)c1ccc(F)cc1. The van der Waals surface area contributed by atoms with Crippen LogP contribution in [0.5, 0.6) is 0 Å². The Morgan fingerprint density at radius 1 is 1.08 bits per heavy atom. The van der Waals surface area contributed by atoms with Gasteiger partial charge >= 0.3 is 0 Å². The topological polar surface area (TPSA) is 58.2 Å². The van der Waals surface area contributed by atoms with Crippen LogP contribution in [0.3, 0.4) is 0 Å². The Morgan fingerprint density at radius 2 is 1.73 bits per heavy atom. The minimum atomic E-state index is -0.351. The standard InChI is InChI=1S/C21H23FN2O2/c1-14(2)13-23-21(26)18-6-4-5-7-19(18)24-20(25)12-15(3)16-8-10-17(22)11-9-16/h4-12,14H,13H2,1-3H3,(H,23,26)(H,24,25)/b15-12+. The van der Waals surface area contributed by atoms with Crippen LogP contribution in [0.15, 0.2) is 54.6 Å². The number of allylic oxidation sites excluding steroid dienone is 1. The highest BCUT2D eigenvalue weighted by atomic mass is 19.1. The molecule has 0 bridgehead atoms. The lowest BCUT2D eigenvalue weighted by atomic mass is 10.1. The Kier molecular flexibility index (Phi) is 6.67. The Morgan fingerprint density at radius 3 is 2.38 bits per heavy atom. The number of amides is 2. The first-order chi connectivity index (χ1) is 12.4. The lowest BCUT2D eigenvalue weighted by molar-refractivity contribution is -0.111. The van der Waals surface area contributed by atoms with Crippen molar-refractivity contribution in [3.05, 3.63) is 71.6 Å². The van der Waals surface area contributed by atoms with E-state index in [9.17, 15) is 14.0 Å². The molecule has 0 atom stereocenters. The Balaban J connectivity index is 2.12. The van der Waals surface area contributed by atoms with Crippen LogP contribution in [0.4, 0.5) is 10.1 Å². The zero-order chi connectivity index (χ0) is 19.1. The van der Waals surface area contributed by atoms with Gasteiger partial charge in [0.2, 0.25) is 5.91 Å². The van der Waals surface area contributed by atoms with Crippen molar-refractivity contribution in [3.63, 3.8) is 0 Å². The summed E-state index contributed by atoms with van der Waals surface area (Å²) in [5.41, 5.74) is 2.31. The smallest absolute Gasteiger partial charge is 0.253 e. The summed E-state index contributed by atoms with van der Waals surface area (Å²) < 4.78 is 13.0. The van der Waals surface area contributed by atoms with Crippen LogP contribution >= 0.6 is 0 Å².